The van der Waals surface area contributed by atoms with E-state index in [1.165, 1.54) is 18.7 Å². The lowest BCUT2D eigenvalue weighted by molar-refractivity contribution is -0.115. The van der Waals surface area contributed by atoms with E-state index in [0.29, 0.717) is 32.1 Å². The van der Waals surface area contributed by atoms with E-state index in [1.54, 1.807) is 47.9 Å². The van der Waals surface area contributed by atoms with Crippen LogP contribution in [0.15, 0.2) is 41.7 Å². The van der Waals surface area contributed by atoms with Gasteiger partial charge in [0.1, 0.15) is 0 Å². The minimum atomic E-state index is -0.457. The number of halogens is 2. The van der Waals surface area contributed by atoms with Crippen molar-refractivity contribution in [3.05, 3.63) is 52.1 Å². The van der Waals surface area contributed by atoms with Crippen molar-refractivity contribution in [3.63, 3.8) is 0 Å². The van der Waals surface area contributed by atoms with Crippen molar-refractivity contribution in [2.45, 2.75) is 24.3 Å². The Morgan fingerprint density at radius 1 is 1.23 bits per heavy atom. The summed E-state index contributed by atoms with van der Waals surface area (Å²) in [5.41, 5.74) is 1.57. The number of hydrogen-bond donors (Lipinski definition) is 1. The predicted octanol–water partition coefficient (Wildman–Crippen LogP) is 4.36. The van der Waals surface area contributed by atoms with Crippen LogP contribution in [0.5, 0.6) is 0 Å². The third-order valence-corrected chi connectivity index (χ3v) is 5.12. The minimum Gasteiger partial charge on any atom is -0.325 e. The highest BCUT2D eigenvalue weighted by Crippen LogP contribution is 2.28. The Morgan fingerprint density at radius 3 is 2.73 bits per heavy atom. The Kier molecular flexibility index (Phi) is 5.50. The van der Waals surface area contributed by atoms with Gasteiger partial charge in [0.05, 0.1) is 15.3 Å². The minimum absolute atomic E-state index is 0.0628. The molecule has 2 aromatic heterocycles. The Hall–Kier alpha value is -2.09. The van der Waals surface area contributed by atoms with Gasteiger partial charge in [-0.2, -0.15) is 0 Å². The normalized spacial score (nSPS) is 12.2. The highest BCUT2D eigenvalue weighted by Gasteiger charge is 2.19. The van der Waals surface area contributed by atoms with E-state index in [0.717, 1.165) is 0 Å². The molecule has 9 heteroatoms. The largest absolute Gasteiger partial charge is 0.325 e. The summed E-state index contributed by atoms with van der Waals surface area (Å²) in [7, 11) is 0. The second kappa shape index (κ2) is 7.65. The number of carbonyl (C=O) groups is 2. The molecule has 0 radical (unpaired) electrons. The molecule has 26 heavy (non-hydrogen) atoms. The fourth-order valence-corrected chi connectivity index (χ4v) is 3.59. The molecule has 0 unspecified atom stereocenters. The van der Waals surface area contributed by atoms with Gasteiger partial charge in [0.15, 0.2) is 16.6 Å². The molecule has 0 aliphatic heterocycles. The molecule has 3 rings (SSSR count). The number of amides is 1. The van der Waals surface area contributed by atoms with Gasteiger partial charge in [-0.3, -0.25) is 14.0 Å². The van der Waals surface area contributed by atoms with Crippen LogP contribution in [-0.2, 0) is 4.79 Å². The fraction of sp³-hybridized carbons (Fsp3) is 0.176. The predicted molar refractivity (Wildman–Crippen MR) is 103 cm³/mol. The van der Waals surface area contributed by atoms with E-state index in [2.05, 4.69) is 15.5 Å². The van der Waals surface area contributed by atoms with Crippen molar-refractivity contribution in [2.75, 3.05) is 5.32 Å². The molecule has 1 N–H and O–H groups in total. The molecule has 0 spiro atoms. The number of hydrogen-bond acceptors (Lipinski definition) is 5. The van der Waals surface area contributed by atoms with Gasteiger partial charge in [-0.15, -0.1) is 10.2 Å². The van der Waals surface area contributed by atoms with Crippen LogP contribution in [-0.4, -0.2) is 31.5 Å². The first-order valence-corrected chi connectivity index (χ1v) is 9.27. The number of Topliss-reactive ketones (excluding diaryl/α,β-unsaturated/α-hetero) is 1. The maximum Gasteiger partial charge on any atom is 0.237 e. The van der Waals surface area contributed by atoms with Gasteiger partial charge in [-0.25, -0.2) is 0 Å². The Morgan fingerprint density at radius 2 is 2.00 bits per heavy atom. The molecule has 1 aromatic carbocycles. The van der Waals surface area contributed by atoms with E-state index in [4.69, 9.17) is 23.2 Å². The lowest BCUT2D eigenvalue weighted by Crippen LogP contribution is -2.22. The maximum absolute atomic E-state index is 12.5. The number of nitrogens with one attached hydrogen (secondary N) is 1. The fourth-order valence-electron chi connectivity index (χ4n) is 2.25. The van der Waals surface area contributed by atoms with E-state index in [1.807, 2.05) is 0 Å². The molecule has 0 aliphatic carbocycles. The van der Waals surface area contributed by atoms with Gasteiger partial charge < -0.3 is 5.32 Å². The van der Waals surface area contributed by atoms with Gasteiger partial charge in [-0.05, 0) is 32.0 Å². The molecule has 1 amide bonds. The molecular formula is C17H14Cl2N4O2S. The van der Waals surface area contributed by atoms with Gasteiger partial charge in [0, 0.05) is 17.4 Å². The molecule has 2 heterocycles. The quantitative estimate of drug-likeness (QED) is 0.501. The van der Waals surface area contributed by atoms with Crippen molar-refractivity contribution >= 4 is 58.0 Å². The van der Waals surface area contributed by atoms with Crippen LogP contribution in [0.1, 0.15) is 24.2 Å². The topological polar surface area (TPSA) is 76.4 Å². The molecular weight excluding hydrogens is 395 g/mol. The Labute approximate surface area is 163 Å². The SMILES string of the molecule is CC(=O)c1cccc(NC(=O)[C@H](C)Sc2nnc3c(Cl)cc(Cl)cn23)c1. The van der Waals surface area contributed by atoms with Crippen molar-refractivity contribution < 1.29 is 9.59 Å². The Balaban J connectivity index is 1.76. The number of fused-ring (bicyclic) bond motifs is 1. The number of pyridine rings is 1. The molecule has 3 aromatic rings. The molecule has 0 aliphatic rings. The van der Waals surface area contributed by atoms with E-state index in [-0.39, 0.29) is 11.7 Å². The van der Waals surface area contributed by atoms with E-state index < -0.39 is 5.25 Å². The van der Waals surface area contributed by atoms with Crippen LogP contribution in [0.4, 0.5) is 5.69 Å². The molecule has 1 atom stereocenters. The van der Waals surface area contributed by atoms with Crippen LogP contribution < -0.4 is 5.32 Å². The molecule has 0 saturated carbocycles. The number of benzene rings is 1. The zero-order chi connectivity index (χ0) is 18.8. The van der Waals surface area contributed by atoms with Crippen LogP contribution in [0.2, 0.25) is 10.0 Å². The molecule has 0 bridgehead atoms. The summed E-state index contributed by atoms with van der Waals surface area (Å²) < 4.78 is 1.65. The first-order valence-electron chi connectivity index (χ1n) is 7.63. The van der Waals surface area contributed by atoms with Crippen LogP contribution >= 0.6 is 35.0 Å². The monoisotopic (exact) mass is 408 g/mol. The maximum atomic E-state index is 12.5. The summed E-state index contributed by atoms with van der Waals surface area (Å²) in [6.45, 7) is 3.23. The summed E-state index contributed by atoms with van der Waals surface area (Å²) >= 11 is 13.3. The summed E-state index contributed by atoms with van der Waals surface area (Å²) in [5, 5.41) is 11.8. The Bertz CT molecular complexity index is 1010. The first-order chi connectivity index (χ1) is 12.3. The molecule has 6 nitrogen and oxygen atoms in total. The number of thioether (sulfide) groups is 1. The smallest absolute Gasteiger partial charge is 0.237 e. The van der Waals surface area contributed by atoms with Crippen molar-refractivity contribution in [1.29, 1.82) is 0 Å². The molecule has 0 saturated heterocycles. The van der Waals surface area contributed by atoms with Gasteiger partial charge >= 0.3 is 0 Å². The van der Waals surface area contributed by atoms with E-state index >= 15 is 0 Å². The third kappa shape index (κ3) is 4.00. The average molecular weight is 409 g/mol. The standard InChI is InChI=1S/C17H14Cl2N4O2S/c1-9(24)11-4-3-5-13(6-11)20-16(25)10(2)26-17-22-21-15-14(19)7-12(18)8-23(15)17/h3-8,10H,1-2H3,(H,20,25)/t10-/m0/s1. The lowest BCUT2D eigenvalue weighted by Gasteiger charge is -2.11. The highest BCUT2D eigenvalue weighted by atomic mass is 35.5. The van der Waals surface area contributed by atoms with Crippen molar-refractivity contribution in [2.24, 2.45) is 0 Å². The van der Waals surface area contributed by atoms with Gasteiger partial charge in [-0.1, -0.05) is 47.1 Å². The zero-order valence-corrected chi connectivity index (χ0v) is 16.2. The third-order valence-electron chi connectivity index (χ3n) is 3.58. The number of carbonyl (C=O) groups excluding carboxylic acids is 2. The average Bonchev–Trinajstić information content (AvgIpc) is 2.98. The first kappa shape index (κ1) is 18.7. The zero-order valence-electron chi connectivity index (χ0n) is 13.9. The lowest BCUT2D eigenvalue weighted by atomic mass is 10.1. The van der Waals surface area contributed by atoms with Crippen LogP contribution in [0.25, 0.3) is 5.65 Å². The summed E-state index contributed by atoms with van der Waals surface area (Å²) in [4.78, 5) is 23.9. The second-order valence-corrected chi connectivity index (χ2v) is 7.72. The number of rotatable bonds is 5. The summed E-state index contributed by atoms with van der Waals surface area (Å²) in [6.07, 6.45) is 1.64. The summed E-state index contributed by atoms with van der Waals surface area (Å²) in [6, 6.07) is 8.38. The van der Waals surface area contributed by atoms with Crippen LogP contribution in [0.3, 0.4) is 0 Å². The second-order valence-electron chi connectivity index (χ2n) is 5.57. The number of nitrogens with zero attached hydrogens (tertiary/aromatic N) is 3. The number of ketones is 1. The number of aromatic nitrogens is 3. The van der Waals surface area contributed by atoms with Crippen LogP contribution in [0, 0.1) is 0 Å². The highest BCUT2D eigenvalue weighted by molar-refractivity contribution is 8.00. The van der Waals surface area contributed by atoms with Gasteiger partial charge in [0.2, 0.25) is 5.91 Å². The molecule has 134 valence electrons. The van der Waals surface area contributed by atoms with E-state index in [9.17, 15) is 9.59 Å². The molecule has 0 fully saturated rings. The number of anilines is 1. The van der Waals surface area contributed by atoms with Gasteiger partial charge in [0.25, 0.3) is 0 Å². The van der Waals surface area contributed by atoms with Crippen molar-refractivity contribution in [3.8, 4) is 0 Å². The van der Waals surface area contributed by atoms with Crippen molar-refractivity contribution in [1.82, 2.24) is 14.6 Å². The summed E-state index contributed by atoms with van der Waals surface area (Å²) in [5.74, 6) is -0.284.